The third-order valence-electron chi connectivity index (χ3n) is 14.4. The van der Waals surface area contributed by atoms with Gasteiger partial charge in [-0.2, -0.15) is 15.1 Å². The van der Waals surface area contributed by atoms with Gasteiger partial charge >= 0.3 is 0 Å². The maximum atomic E-state index is 13.8. The van der Waals surface area contributed by atoms with Crippen LogP contribution in [0.25, 0.3) is 22.4 Å². The first kappa shape index (κ1) is 56.5. The molecular formula is C57H67Br2N15O4P2. The van der Waals surface area contributed by atoms with Crippen LogP contribution in [0.5, 0.6) is 11.5 Å². The number of imidazole rings is 1. The zero-order chi connectivity index (χ0) is 56.9. The molecular weight excluding hydrogens is 1180 g/mol. The van der Waals surface area contributed by atoms with Crippen molar-refractivity contribution in [2.24, 2.45) is 0 Å². The molecule has 1 unspecified atom stereocenters. The molecule has 0 bridgehead atoms. The standard InChI is InChI=1S/C57H67Br2N15O4P2/c1-33(2)73-22-21-39-37(31-72(69-39)24-23-70(4)5)35-25-42(49(78-8)28-45(35)73)65-57-66-53(52(59)55(68-57)63-41-18-14-16-20-51(41)80(11,12)76)47-32-71(6)44-27-48(77-7)43(26-36(44)46-30-60-34(3)74(46)47)64-56-61-29-38(58)54(67-56)62-40-17-13-15-19-50(40)79(9,10)75/h13-20,25-31,33,47H,21-24,32H2,1-12H3,(H2,61,62,64,67)(H2,63,65,66,68). The van der Waals surface area contributed by atoms with Gasteiger partial charge in [0.15, 0.2) is 5.82 Å². The molecule has 4 aromatic carbocycles. The first-order valence-corrected chi connectivity index (χ1v) is 33.0. The van der Waals surface area contributed by atoms with Crippen molar-refractivity contribution in [3.8, 4) is 33.9 Å². The van der Waals surface area contributed by atoms with Crippen molar-refractivity contribution in [2.75, 3.05) is 113 Å². The number of nitrogens with one attached hydrogen (secondary N) is 4. The Bertz CT molecular complexity index is 3760. The van der Waals surface area contributed by atoms with Gasteiger partial charge in [0.1, 0.15) is 37.4 Å². The lowest BCUT2D eigenvalue weighted by Crippen LogP contribution is -2.32. The van der Waals surface area contributed by atoms with E-state index in [1.165, 1.54) is 0 Å². The Morgan fingerprint density at radius 3 is 1.96 bits per heavy atom. The highest BCUT2D eigenvalue weighted by atomic mass is 79.9. The Morgan fingerprint density at radius 2 is 1.34 bits per heavy atom. The monoisotopic (exact) mass is 1250 g/mol. The second kappa shape index (κ2) is 22.6. The number of aryl methyl sites for hydroxylation is 1. The fourth-order valence-electron chi connectivity index (χ4n) is 10.4. The number of anilines is 10. The van der Waals surface area contributed by atoms with Crippen LogP contribution in [0, 0.1) is 6.92 Å². The third-order valence-corrected chi connectivity index (χ3v) is 18.9. The highest BCUT2D eigenvalue weighted by Gasteiger charge is 2.34. The van der Waals surface area contributed by atoms with Gasteiger partial charge < -0.3 is 59.1 Å². The van der Waals surface area contributed by atoms with Crippen molar-refractivity contribution in [3.05, 3.63) is 118 Å². The minimum absolute atomic E-state index is 0.216. The van der Waals surface area contributed by atoms with Crippen LogP contribution in [0.15, 0.2) is 100 Å². The van der Waals surface area contributed by atoms with Crippen LogP contribution in [0.3, 0.4) is 0 Å². The fourth-order valence-corrected chi connectivity index (χ4v) is 13.6. The van der Waals surface area contributed by atoms with Crippen molar-refractivity contribution in [1.29, 1.82) is 0 Å². The second-order valence-electron chi connectivity index (χ2n) is 21.4. The summed E-state index contributed by atoms with van der Waals surface area (Å²) >= 11 is 7.65. The highest BCUT2D eigenvalue weighted by molar-refractivity contribution is 9.11. The number of halogens is 2. The molecule has 8 aromatic rings. The van der Waals surface area contributed by atoms with Crippen LogP contribution in [0.2, 0.25) is 0 Å². The topological polar surface area (TPSA) is 198 Å². The Kier molecular flexibility index (Phi) is 16.0. The van der Waals surface area contributed by atoms with Gasteiger partial charge in [0, 0.05) is 102 Å². The van der Waals surface area contributed by atoms with Crippen LogP contribution in [-0.4, -0.2) is 132 Å². The molecule has 2 aliphatic heterocycles. The number of hydrogen-bond acceptors (Lipinski definition) is 17. The van der Waals surface area contributed by atoms with E-state index in [-0.39, 0.29) is 6.04 Å². The van der Waals surface area contributed by atoms with Crippen LogP contribution >= 0.6 is 46.1 Å². The molecule has 2 aliphatic rings. The molecule has 10 rings (SSSR count). The minimum atomic E-state index is -2.76. The number of benzene rings is 4. The average molecular weight is 1250 g/mol. The molecule has 6 heterocycles. The molecule has 0 saturated heterocycles. The van der Waals surface area contributed by atoms with Crippen molar-refractivity contribution < 1.29 is 18.6 Å². The summed E-state index contributed by atoms with van der Waals surface area (Å²) in [6.45, 7) is 16.3. The summed E-state index contributed by atoms with van der Waals surface area (Å²) in [6, 6.07) is 23.2. The van der Waals surface area contributed by atoms with Gasteiger partial charge in [-0.25, -0.2) is 15.0 Å². The molecule has 0 amide bonds. The molecule has 0 spiro atoms. The number of rotatable bonds is 17. The number of para-hydroxylation sites is 2. The first-order chi connectivity index (χ1) is 38.1. The molecule has 418 valence electrons. The van der Waals surface area contributed by atoms with Crippen molar-refractivity contribution in [2.45, 2.75) is 45.8 Å². The summed E-state index contributed by atoms with van der Waals surface area (Å²) in [7, 11) is 4.12. The molecule has 4 N–H and O–H groups in total. The molecule has 80 heavy (non-hydrogen) atoms. The van der Waals surface area contributed by atoms with E-state index < -0.39 is 20.3 Å². The van der Waals surface area contributed by atoms with Gasteiger partial charge in [-0.3, -0.25) is 4.68 Å². The smallest absolute Gasteiger partial charge is 0.229 e. The summed E-state index contributed by atoms with van der Waals surface area (Å²) in [5.74, 6) is 3.50. The van der Waals surface area contributed by atoms with Crippen molar-refractivity contribution in [3.63, 3.8) is 0 Å². The number of ether oxygens (including phenoxy) is 2. The van der Waals surface area contributed by atoms with Gasteiger partial charge in [0.25, 0.3) is 0 Å². The lowest BCUT2D eigenvalue weighted by atomic mass is 10.0. The quantitative estimate of drug-likeness (QED) is 0.0627. The predicted octanol–water partition coefficient (Wildman–Crippen LogP) is 11.7. The molecule has 0 radical (unpaired) electrons. The Hall–Kier alpha value is -6.76. The molecule has 23 heteroatoms. The van der Waals surface area contributed by atoms with Crippen molar-refractivity contribution >= 4 is 114 Å². The molecule has 1 atom stereocenters. The zero-order valence-corrected chi connectivity index (χ0v) is 52.0. The summed E-state index contributed by atoms with van der Waals surface area (Å²) < 4.78 is 44.9. The predicted molar refractivity (Wildman–Crippen MR) is 333 cm³/mol. The number of aromatic nitrogens is 8. The zero-order valence-electron chi connectivity index (χ0n) is 47.1. The van der Waals surface area contributed by atoms with Crippen LogP contribution in [-0.2, 0) is 22.1 Å². The largest absolute Gasteiger partial charge is 0.494 e. The van der Waals surface area contributed by atoms with E-state index in [1.54, 1.807) is 47.1 Å². The van der Waals surface area contributed by atoms with E-state index >= 15 is 0 Å². The highest BCUT2D eigenvalue weighted by Crippen LogP contribution is 2.48. The van der Waals surface area contributed by atoms with Gasteiger partial charge in [-0.15, -0.1) is 0 Å². The van der Waals surface area contributed by atoms with E-state index in [2.05, 4.69) is 128 Å². The van der Waals surface area contributed by atoms with Crippen LogP contribution in [0.4, 0.5) is 57.7 Å². The SMILES string of the molecule is COc1cc2c(cc1Nc1ncc(Br)c(Nc3ccccc3P(C)(C)=O)n1)-c1cnc(C)n1C(c1nc(Nc3cc4c(cc3OC)N(C(C)C)CCc3nn(CCN(C)C)cc3-4)nc(Nc3ccccc3P(C)(C)=O)c1Br)CN2C. The number of likely N-dealkylation sites (N-methyl/N-ethyl adjacent to an activating group) is 2. The number of hydrogen-bond donors (Lipinski definition) is 4. The molecule has 4 aromatic heterocycles. The minimum Gasteiger partial charge on any atom is -0.494 e. The molecule has 0 aliphatic carbocycles. The van der Waals surface area contributed by atoms with Gasteiger partial charge in [0.2, 0.25) is 11.9 Å². The lowest BCUT2D eigenvalue weighted by molar-refractivity contribution is 0.372. The average Bonchev–Trinajstić information content (AvgIpc) is 4.00. The van der Waals surface area contributed by atoms with E-state index in [0.717, 1.165) is 71.3 Å². The van der Waals surface area contributed by atoms with E-state index in [0.29, 0.717) is 89.6 Å². The van der Waals surface area contributed by atoms with Gasteiger partial charge in [-0.05, 0) is 130 Å². The maximum Gasteiger partial charge on any atom is 0.229 e. The van der Waals surface area contributed by atoms with E-state index in [9.17, 15) is 9.13 Å². The van der Waals surface area contributed by atoms with E-state index in [4.69, 9.17) is 34.5 Å². The Morgan fingerprint density at radius 1 is 0.738 bits per heavy atom. The fraction of sp³-hybridized carbons (Fsp3) is 0.333. The third kappa shape index (κ3) is 11.4. The first-order valence-electron chi connectivity index (χ1n) is 26.2. The molecule has 19 nitrogen and oxygen atoms in total. The van der Waals surface area contributed by atoms with Crippen LogP contribution < -0.4 is 51.1 Å². The maximum absolute atomic E-state index is 13.8. The number of methoxy groups -OCH3 is 2. The summed E-state index contributed by atoms with van der Waals surface area (Å²) in [5, 5.41) is 20.5. The number of fused-ring (bicyclic) bond motifs is 6. The Balaban J connectivity index is 1.08. The second-order valence-corrected chi connectivity index (χ2v) is 29.4. The Labute approximate surface area is 484 Å². The normalized spacial score (nSPS) is 14.2. The summed E-state index contributed by atoms with van der Waals surface area (Å²) in [5.41, 5.74) is 10.1. The molecule has 0 fully saturated rings. The van der Waals surface area contributed by atoms with Crippen molar-refractivity contribution in [1.82, 2.24) is 44.2 Å². The number of nitrogens with zero attached hydrogens (tertiary/aromatic N) is 11. The molecule has 0 saturated carbocycles. The summed E-state index contributed by atoms with van der Waals surface area (Å²) in [4.78, 5) is 31.8. The van der Waals surface area contributed by atoms with Crippen LogP contribution in [0.1, 0.15) is 37.1 Å². The lowest BCUT2D eigenvalue weighted by Gasteiger charge is -2.30. The van der Waals surface area contributed by atoms with Gasteiger partial charge in [-0.1, -0.05) is 24.3 Å². The van der Waals surface area contributed by atoms with E-state index in [1.807, 2.05) is 80.8 Å². The summed E-state index contributed by atoms with van der Waals surface area (Å²) in [6.07, 6.45) is 6.50. The van der Waals surface area contributed by atoms with Gasteiger partial charge in [0.05, 0.1) is 81.8 Å².